The van der Waals surface area contributed by atoms with E-state index in [1.165, 1.54) is 6.07 Å². The van der Waals surface area contributed by atoms with E-state index in [9.17, 15) is 9.18 Å². The molecule has 1 fully saturated rings. The Balaban J connectivity index is 1.74. The normalized spacial score (nSPS) is 17.1. The summed E-state index contributed by atoms with van der Waals surface area (Å²) in [4.78, 5) is 21.7. The van der Waals surface area contributed by atoms with Gasteiger partial charge in [-0.2, -0.15) is 5.10 Å². The van der Waals surface area contributed by atoms with Crippen LogP contribution < -0.4 is 4.90 Å². The van der Waals surface area contributed by atoms with Gasteiger partial charge in [0, 0.05) is 49.7 Å². The minimum absolute atomic E-state index is 0.0316. The van der Waals surface area contributed by atoms with Gasteiger partial charge in [0.2, 0.25) is 0 Å². The molecule has 1 atom stereocenters. The number of carbonyl (C=O) groups is 1. The molecular formula is C24H30FN5O. The van der Waals surface area contributed by atoms with Crippen LogP contribution in [0.1, 0.15) is 55.7 Å². The Morgan fingerprint density at radius 1 is 1.19 bits per heavy atom. The van der Waals surface area contributed by atoms with Crippen LogP contribution in [0.3, 0.4) is 0 Å². The van der Waals surface area contributed by atoms with Crippen molar-refractivity contribution in [3.05, 3.63) is 47.5 Å². The van der Waals surface area contributed by atoms with Crippen LogP contribution in [-0.4, -0.2) is 52.1 Å². The molecular weight excluding hydrogens is 393 g/mol. The monoisotopic (exact) mass is 423 g/mol. The Hall–Kier alpha value is -2.96. The fourth-order valence-electron chi connectivity index (χ4n) is 4.24. The Morgan fingerprint density at radius 2 is 2.00 bits per heavy atom. The molecule has 1 saturated heterocycles. The Kier molecular flexibility index (Phi) is 5.94. The number of likely N-dealkylation sites (tertiary alicyclic amines) is 1. The Bertz CT molecular complexity index is 1110. The lowest BCUT2D eigenvalue weighted by Crippen LogP contribution is -2.38. The van der Waals surface area contributed by atoms with E-state index in [4.69, 9.17) is 0 Å². The number of rotatable bonds is 4. The van der Waals surface area contributed by atoms with E-state index < -0.39 is 0 Å². The summed E-state index contributed by atoms with van der Waals surface area (Å²) >= 11 is 0. The van der Waals surface area contributed by atoms with Crippen molar-refractivity contribution in [3.63, 3.8) is 0 Å². The molecule has 0 aliphatic carbocycles. The minimum Gasteiger partial charge on any atom is -0.378 e. The zero-order chi connectivity index (χ0) is 22.1. The first kappa shape index (κ1) is 21.3. The zero-order valence-corrected chi connectivity index (χ0v) is 18.7. The van der Waals surface area contributed by atoms with Crippen molar-refractivity contribution in [2.45, 2.75) is 52.0 Å². The second-order valence-corrected chi connectivity index (χ2v) is 8.54. The Morgan fingerprint density at radius 3 is 2.71 bits per heavy atom. The van der Waals surface area contributed by atoms with Crippen LogP contribution in [0, 0.1) is 5.82 Å². The van der Waals surface area contributed by atoms with Crippen molar-refractivity contribution in [1.29, 1.82) is 0 Å². The van der Waals surface area contributed by atoms with Crippen LogP contribution in [0.5, 0.6) is 0 Å². The fourth-order valence-corrected chi connectivity index (χ4v) is 4.24. The van der Waals surface area contributed by atoms with Crippen LogP contribution in [0.25, 0.3) is 16.9 Å². The van der Waals surface area contributed by atoms with E-state index >= 15 is 0 Å². The number of hydrogen-bond donors (Lipinski definition) is 0. The van der Waals surface area contributed by atoms with Crippen LogP contribution in [0.15, 0.2) is 30.3 Å². The molecule has 1 aromatic carbocycles. The molecule has 164 valence electrons. The van der Waals surface area contributed by atoms with Gasteiger partial charge in [0.05, 0.1) is 5.69 Å². The second-order valence-electron chi connectivity index (χ2n) is 8.54. The highest BCUT2D eigenvalue weighted by molar-refractivity contribution is 5.93. The predicted octanol–water partition coefficient (Wildman–Crippen LogP) is 4.57. The highest BCUT2D eigenvalue weighted by Crippen LogP contribution is 2.27. The third-order valence-corrected chi connectivity index (χ3v) is 6.14. The molecule has 0 N–H and O–H groups in total. The van der Waals surface area contributed by atoms with Gasteiger partial charge < -0.3 is 9.80 Å². The molecule has 4 rings (SSSR count). The van der Waals surface area contributed by atoms with Gasteiger partial charge in [-0.25, -0.2) is 13.9 Å². The molecule has 0 saturated carbocycles. The SMILES string of the molecule is CCc1cc(C(=O)N2CCCCCC2C)nc2cc(-c3ccc(N(C)C)cc3F)nn12. The molecule has 0 bridgehead atoms. The van der Waals surface area contributed by atoms with Crippen molar-refractivity contribution in [2.24, 2.45) is 0 Å². The number of amides is 1. The van der Waals surface area contributed by atoms with E-state index in [0.717, 1.165) is 43.6 Å². The van der Waals surface area contributed by atoms with E-state index in [2.05, 4.69) is 17.0 Å². The first-order valence-corrected chi connectivity index (χ1v) is 11.1. The number of aromatic nitrogens is 3. The van der Waals surface area contributed by atoms with Crippen molar-refractivity contribution in [3.8, 4) is 11.3 Å². The average molecular weight is 424 g/mol. The highest BCUT2D eigenvalue weighted by atomic mass is 19.1. The largest absolute Gasteiger partial charge is 0.378 e. The van der Waals surface area contributed by atoms with E-state index in [1.807, 2.05) is 43.0 Å². The maximum absolute atomic E-state index is 14.8. The van der Waals surface area contributed by atoms with Crippen LogP contribution in [-0.2, 0) is 6.42 Å². The van der Waals surface area contributed by atoms with Crippen molar-refractivity contribution < 1.29 is 9.18 Å². The number of nitrogens with zero attached hydrogens (tertiary/aromatic N) is 5. The first-order chi connectivity index (χ1) is 14.9. The van der Waals surface area contributed by atoms with Crippen molar-refractivity contribution in [1.82, 2.24) is 19.5 Å². The van der Waals surface area contributed by atoms with Gasteiger partial charge in [-0.1, -0.05) is 19.8 Å². The molecule has 31 heavy (non-hydrogen) atoms. The quantitative estimate of drug-likeness (QED) is 0.617. The van der Waals surface area contributed by atoms with Crippen LogP contribution in [0.2, 0.25) is 0 Å². The smallest absolute Gasteiger partial charge is 0.272 e. The molecule has 1 unspecified atom stereocenters. The molecule has 2 aromatic heterocycles. The third kappa shape index (κ3) is 4.13. The summed E-state index contributed by atoms with van der Waals surface area (Å²) in [5.74, 6) is -0.363. The first-order valence-electron chi connectivity index (χ1n) is 11.1. The van der Waals surface area contributed by atoms with Gasteiger partial charge in [0.25, 0.3) is 5.91 Å². The van der Waals surface area contributed by atoms with Crippen LogP contribution >= 0.6 is 0 Å². The van der Waals surface area contributed by atoms with Gasteiger partial charge in [-0.15, -0.1) is 0 Å². The average Bonchev–Trinajstić information content (AvgIpc) is 3.06. The fraction of sp³-hybridized carbons (Fsp3) is 0.458. The van der Waals surface area contributed by atoms with Gasteiger partial charge >= 0.3 is 0 Å². The van der Waals surface area contributed by atoms with E-state index in [-0.39, 0.29) is 17.8 Å². The number of fused-ring (bicyclic) bond motifs is 1. The lowest BCUT2D eigenvalue weighted by molar-refractivity contribution is 0.0692. The van der Waals surface area contributed by atoms with Crippen molar-refractivity contribution >= 4 is 17.2 Å². The topological polar surface area (TPSA) is 53.7 Å². The summed E-state index contributed by atoms with van der Waals surface area (Å²) < 4.78 is 16.5. The maximum atomic E-state index is 14.8. The Labute approximate surface area is 182 Å². The highest BCUT2D eigenvalue weighted by Gasteiger charge is 2.25. The minimum atomic E-state index is -0.331. The summed E-state index contributed by atoms with van der Waals surface area (Å²) in [6.07, 6.45) is 5.05. The lowest BCUT2D eigenvalue weighted by Gasteiger charge is -2.27. The third-order valence-electron chi connectivity index (χ3n) is 6.14. The molecule has 1 aliphatic rings. The van der Waals surface area contributed by atoms with E-state index in [0.29, 0.717) is 29.0 Å². The summed E-state index contributed by atoms with van der Waals surface area (Å²) in [5.41, 5.74) is 3.61. The zero-order valence-electron chi connectivity index (χ0n) is 18.7. The number of halogens is 1. The molecule has 3 heterocycles. The van der Waals surface area contributed by atoms with Gasteiger partial charge in [0.1, 0.15) is 11.5 Å². The molecule has 7 heteroatoms. The van der Waals surface area contributed by atoms with Gasteiger partial charge in [-0.05, 0) is 50.5 Å². The molecule has 0 radical (unpaired) electrons. The summed E-state index contributed by atoms with van der Waals surface area (Å²) in [6.45, 7) is 4.90. The number of benzene rings is 1. The second kappa shape index (κ2) is 8.65. The number of anilines is 1. The molecule has 3 aromatic rings. The van der Waals surface area contributed by atoms with Crippen LogP contribution in [0.4, 0.5) is 10.1 Å². The standard InChI is InChI=1S/C24H30FN5O/c1-5-17-14-22(24(31)29-12-8-6-7-9-16(29)2)26-23-15-21(27-30(17)23)19-11-10-18(28(3)4)13-20(19)25/h10-11,13-16H,5-9,12H2,1-4H3. The number of carbonyl (C=O) groups excluding carboxylic acids is 1. The lowest BCUT2D eigenvalue weighted by atomic mass is 10.1. The molecule has 0 spiro atoms. The molecule has 1 aliphatic heterocycles. The summed E-state index contributed by atoms with van der Waals surface area (Å²) in [6, 6.07) is 8.91. The number of hydrogen-bond acceptors (Lipinski definition) is 4. The summed E-state index contributed by atoms with van der Waals surface area (Å²) in [7, 11) is 3.75. The maximum Gasteiger partial charge on any atom is 0.272 e. The van der Waals surface area contributed by atoms with E-state index in [1.54, 1.807) is 16.6 Å². The summed E-state index contributed by atoms with van der Waals surface area (Å²) in [5, 5.41) is 4.61. The number of aryl methyl sites for hydroxylation is 1. The molecule has 6 nitrogen and oxygen atoms in total. The predicted molar refractivity (Wildman–Crippen MR) is 121 cm³/mol. The van der Waals surface area contributed by atoms with Gasteiger partial charge in [0.15, 0.2) is 5.65 Å². The van der Waals surface area contributed by atoms with Gasteiger partial charge in [-0.3, -0.25) is 4.79 Å². The molecule has 1 amide bonds. The van der Waals surface area contributed by atoms with Crippen molar-refractivity contribution in [2.75, 3.05) is 25.5 Å².